The zero-order chi connectivity index (χ0) is 15.3. The van der Waals surface area contributed by atoms with Crippen LogP contribution in [0.15, 0.2) is 24.3 Å². The summed E-state index contributed by atoms with van der Waals surface area (Å²) in [6.07, 6.45) is -0.601. The van der Waals surface area contributed by atoms with Crippen molar-refractivity contribution in [2.75, 3.05) is 37.6 Å². The molecule has 0 atom stereocenters. The van der Waals surface area contributed by atoms with Crippen LogP contribution in [-0.2, 0) is 6.18 Å². The van der Waals surface area contributed by atoms with Crippen molar-refractivity contribution in [1.82, 2.24) is 4.90 Å². The van der Waals surface area contributed by atoms with E-state index in [1.165, 1.54) is 31.4 Å². The van der Waals surface area contributed by atoms with Gasteiger partial charge in [0.2, 0.25) is 0 Å². The van der Waals surface area contributed by atoms with Crippen molar-refractivity contribution in [2.45, 2.75) is 32.4 Å². The van der Waals surface area contributed by atoms with Gasteiger partial charge in [-0.2, -0.15) is 13.2 Å². The number of unbranched alkanes of at least 4 members (excludes halogenated alkanes) is 2. The summed E-state index contributed by atoms with van der Waals surface area (Å²) < 4.78 is 38.2. The Morgan fingerprint density at radius 1 is 1.05 bits per heavy atom. The lowest BCUT2D eigenvalue weighted by molar-refractivity contribution is -0.137. The number of nitrogens with zero attached hydrogens (tertiary/aromatic N) is 2. The van der Waals surface area contributed by atoms with Crippen LogP contribution in [0.25, 0.3) is 0 Å². The summed E-state index contributed by atoms with van der Waals surface area (Å²) in [7, 11) is 0. The summed E-state index contributed by atoms with van der Waals surface area (Å²) in [6.45, 7) is 6.75. The Morgan fingerprint density at radius 3 is 2.38 bits per heavy atom. The normalized spacial score (nSPS) is 17.2. The van der Waals surface area contributed by atoms with Crippen molar-refractivity contribution in [2.24, 2.45) is 0 Å². The van der Waals surface area contributed by atoms with Crippen LogP contribution < -0.4 is 4.90 Å². The van der Waals surface area contributed by atoms with Crippen LogP contribution >= 0.6 is 0 Å². The van der Waals surface area contributed by atoms with E-state index in [4.69, 9.17) is 0 Å². The Kier molecular flexibility index (Phi) is 5.51. The summed E-state index contributed by atoms with van der Waals surface area (Å²) in [5.74, 6) is 0. The van der Waals surface area contributed by atoms with Gasteiger partial charge in [-0.25, -0.2) is 0 Å². The topological polar surface area (TPSA) is 6.48 Å². The Morgan fingerprint density at radius 2 is 1.76 bits per heavy atom. The Bertz CT molecular complexity index is 437. The molecule has 1 saturated heterocycles. The fourth-order valence-electron chi connectivity index (χ4n) is 2.69. The molecule has 0 radical (unpaired) electrons. The summed E-state index contributed by atoms with van der Waals surface area (Å²) in [6, 6.07) is 5.64. The van der Waals surface area contributed by atoms with Crippen LogP contribution in [0.5, 0.6) is 0 Å². The third-order valence-corrected chi connectivity index (χ3v) is 3.99. The van der Waals surface area contributed by atoms with Gasteiger partial charge in [0.25, 0.3) is 0 Å². The Balaban J connectivity index is 1.90. The molecule has 0 N–H and O–H groups in total. The zero-order valence-corrected chi connectivity index (χ0v) is 12.5. The first-order chi connectivity index (χ1) is 10.0. The van der Waals surface area contributed by atoms with Gasteiger partial charge in [0.05, 0.1) is 5.56 Å². The van der Waals surface area contributed by atoms with Crippen LogP contribution in [0.1, 0.15) is 31.7 Å². The third-order valence-electron chi connectivity index (χ3n) is 3.99. The number of alkyl halides is 3. The summed E-state index contributed by atoms with van der Waals surface area (Å²) >= 11 is 0. The zero-order valence-electron chi connectivity index (χ0n) is 12.5. The van der Waals surface area contributed by atoms with Crippen molar-refractivity contribution in [3.63, 3.8) is 0 Å². The van der Waals surface area contributed by atoms with Crippen LogP contribution in [0.3, 0.4) is 0 Å². The van der Waals surface area contributed by atoms with Crippen molar-refractivity contribution in [3.05, 3.63) is 29.8 Å². The molecule has 1 aliphatic rings. The van der Waals surface area contributed by atoms with Gasteiger partial charge in [0, 0.05) is 31.9 Å². The molecule has 0 spiro atoms. The fraction of sp³-hybridized carbons (Fsp3) is 0.625. The number of rotatable bonds is 5. The molecule has 0 saturated carbocycles. The molecular weight excluding hydrogens is 277 g/mol. The van der Waals surface area contributed by atoms with Gasteiger partial charge in [0.15, 0.2) is 0 Å². The van der Waals surface area contributed by atoms with Gasteiger partial charge in [-0.1, -0.05) is 25.8 Å². The monoisotopic (exact) mass is 300 g/mol. The molecule has 1 heterocycles. The second-order valence-electron chi connectivity index (χ2n) is 5.58. The van der Waals surface area contributed by atoms with Gasteiger partial charge in [-0.15, -0.1) is 0 Å². The van der Waals surface area contributed by atoms with E-state index in [1.807, 2.05) is 4.90 Å². The lowest BCUT2D eigenvalue weighted by Crippen LogP contribution is -2.46. The van der Waals surface area contributed by atoms with Gasteiger partial charge in [-0.05, 0) is 31.2 Å². The average molecular weight is 300 g/mol. The van der Waals surface area contributed by atoms with Crippen LogP contribution in [0.2, 0.25) is 0 Å². The van der Waals surface area contributed by atoms with Gasteiger partial charge in [-0.3, -0.25) is 4.90 Å². The van der Waals surface area contributed by atoms with E-state index in [0.717, 1.165) is 38.8 Å². The van der Waals surface area contributed by atoms with E-state index < -0.39 is 11.7 Å². The second kappa shape index (κ2) is 7.16. The van der Waals surface area contributed by atoms with Crippen LogP contribution in [-0.4, -0.2) is 37.6 Å². The first kappa shape index (κ1) is 16.1. The number of halogens is 3. The first-order valence-corrected chi connectivity index (χ1v) is 7.65. The van der Waals surface area contributed by atoms with Crippen molar-refractivity contribution in [3.8, 4) is 0 Å². The molecule has 0 bridgehead atoms. The maximum Gasteiger partial charge on any atom is 0.416 e. The van der Waals surface area contributed by atoms with E-state index in [1.54, 1.807) is 6.07 Å². The molecule has 0 aromatic heterocycles. The van der Waals surface area contributed by atoms with Crippen LogP contribution in [0.4, 0.5) is 18.9 Å². The lowest BCUT2D eigenvalue weighted by atomic mass is 10.1. The molecule has 0 aliphatic carbocycles. The molecule has 21 heavy (non-hydrogen) atoms. The van der Waals surface area contributed by atoms with Gasteiger partial charge >= 0.3 is 6.18 Å². The molecule has 1 aliphatic heterocycles. The second-order valence-corrected chi connectivity index (χ2v) is 5.58. The number of piperazine rings is 1. The Labute approximate surface area is 124 Å². The minimum absolute atomic E-state index is 0.564. The molecule has 1 fully saturated rings. The lowest BCUT2D eigenvalue weighted by Gasteiger charge is -2.36. The molecular formula is C16H23F3N2. The predicted molar refractivity (Wildman–Crippen MR) is 79.6 cm³/mol. The molecule has 0 unspecified atom stereocenters. The van der Waals surface area contributed by atoms with E-state index in [9.17, 15) is 13.2 Å². The quantitative estimate of drug-likeness (QED) is 0.758. The highest BCUT2D eigenvalue weighted by Gasteiger charge is 2.31. The van der Waals surface area contributed by atoms with Crippen molar-refractivity contribution >= 4 is 5.69 Å². The highest BCUT2D eigenvalue weighted by Crippen LogP contribution is 2.31. The standard InChI is InChI=1S/C16H23F3N2/c1-2-3-4-8-20-9-11-21(12-10-20)15-7-5-6-14(13-15)16(17,18)19/h5-7,13H,2-4,8-12H2,1H3. The Hall–Kier alpha value is -1.23. The molecule has 0 amide bonds. The number of hydrogen-bond donors (Lipinski definition) is 0. The van der Waals surface area contributed by atoms with Crippen molar-refractivity contribution in [1.29, 1.82) is 0 Å². The van der Waals surface area contributed by atoms with E-state index in [0.29, 0.717) is 5.69 Å². The average Bonchev–Trinajstić information content (AvgIpc) is 2.47. The molecule has 5 heteroatoms. The molecule has 2 rings (SSSR count). The third kappa shape index (κ3) is 4.63. The summed E-state index contributed by atoms with van der Waals surface area (Å²) in [5.41, 5.74) is 0.114. The molecule has 1 aromatic rings. The SMILES string of the molecule is CCCCCN1CCN(c2cccc(C(F)(F)F)c2)CC1. The minimum Gasteiger partial charge on any atom is -0.369 e. The van der Waals surface area contributed by atoms with Crippen molar-refractivity contribution < 1.29 is 13.2 Å². The van der Waals surface area contributed by atoms with Gasteiger partial charge in [0.1, 0.15) is 0 Å². The largest absolute Gasteiger partial charge is 0.416 e. The minimum atomic E-state index is -4.27. The molecule has 1 aromatic carbocycles. The maximum atomic E-state index is 12.7. The van der Waals surface area contributed by atoms with Gasteiger partial charge < -0.3 is 4.90 Å². The van der Waals surface area contributed by atoms with E-state index in [2.05, 4.69) is 11.8 Å². The first-order valence-electron chi connectivity index (χ1n) is 7.65. The highest BCUT2D eigenvalue weighted by atomic mass is 19.4. The van der Waals surface area contributed by atoms with Crippen LogP contribution in [0, 0.1) is 0 Å². The summed E-state index contributed by atoms with van der Waals surface area (Å²) in [4.78, 5) is 4.45. The van der Waals surface area contributed by atoms with E-state index in [-0.39, 0.29) is 0 Å². The van der Waals surface area contributed by atoms with E-state index >= 15 is 0 Å². The number of anilines is 1. The smallest absolute Gasteiger partial charge is 0.369 e. The molecule has 118 valence electrons. The fourth-order valence-corrected chi connectivity index (χ4v) is 2.69. The number of hydrogen-bond acceptors (Lipinski definition) is 2. The predicted octanol–water partition coefficient (Wildman–Crippen LogP) is 4.02. The maximum absolute atomic E-state index is 12.7. The highest BCUT2D eigenvalue weighted by molar-refractivity contribution is 5.49. The number of benzene rings is 1. The molecule has 2 nitrogen and oxygen atoms in total. The summed E-state index contributed by atoms with van der Waals surface area (Å²) in [5, 5.41) is 0.